The lowest BCUT2D eigenvalue weighted by Crippen LogP contribution is -2.41. The van der Waals surface area contributed by atoms with Crippen LogP contribution in [0.2, 0.25) is 0 Å². The first-order chi connectivity index (χ1) is 18.5. The molecule has 0 radical (unpaired) electrons. The molecule has 1 fully saturated rings. The Bertz CT molecular complexity index is 1390. The van der Waals surface area contributed by atoms with E-state index in [-0.39, 0.29) is 24.1 Å². The van der Waals surface area contributed by atoms with Gasteiger partial charge in [0.1, 0.15) is 12.4 Å². The minimum atomic E-state index is -0.588. The van der Waals surface area contributed by atoms with Gasteiger partial charge in [-0.15, -0.1) is 0 Å². The summed E-state index contributed by atoms with van der Waals surface area (Å²) in [7, 11) is 0. The number of ketones is 1. The summed E-state index contributed by atoms with van der Waals surface area (Å²) in [5.41, 5.74) is 4.39. The highest BCUT2D eigenvalue weighted by molar-refractivity contribution is 6.12. The Balaban J connectivity index is 1.55. The number of phenolic OH excluding ortho intramolecular Hbond substituents is 1. The average Bonchev–Trinajstić information content (AvgIpc) is 2.93. The van der Waals surface area contributed by atoms with Crippen LogP contribution in [0, 0.1) is 5.92 Å². The lowest BCUT2D eigenvalue weighted by atomic mass is 9.66. The average molecular weight is 510 g/mol. The molecule has 0 saturated heterocycles. The van der Waals surface area contributed by atoms with Crippen LogP contribution in [0.5, 0.6) is 11.5 Å². The molecule has 194 valence electrons. The molecular weight excluding hydrogens is 478 g/mol. The van der Waals surface area contributed by atoms with Crippen molar-refractivity contribution < 1.29 is 24.2 Å². The van der Waals surface area contributed by atoms with Gasteiger partial charge in [-0.05, 0) is 55.0 Å². The Labute approximate surface area is 222 Å². The van der Waals surface area contributed by atoms with Crippen molar-refractivity contribution in [3.63, 3.8) is 0 Å². The zero-order valence-electron chi connectivity index (χ0n) is 21.6. The SMILES string of the molecule is CCOc1cc([C@H]2C(C(=O)OCc3ccccc3)=C(C)N=C3C[C@@H](c4ccccc4)CC(=O)C32)ccc1O. The number of allylic oxidation sites excluding steroid dienone is 1. The van der Waals surface area contributed by atoms with Crippen molar-refractivity contribution in [3.05, 3.63) is 107 Å². The van der Waals surface area contributed by atoms with E-state index in [4.69, 9.17) is 14.5 Å². The maximum Gasteiger partial charge on any atom is 0.336 e. The van der Waals surface area contributed by atoms with Crippen LogP contribution in [0.3, 0.4) is 0 Å². The Kier molecular flexibility index (Phi) is 7.40. The minimum absolute atomic E-state index is 0.00770. The molecule has 5 rings (SSSR count). The molecule has 6 nitrogen and oxygen atoms in total. The number of aliphatic imine (C=N–C) groups is 1. The number of phenols is 1. The van der Waals surface area contributed by atoms with Crippen LogP contribution in [0.15, 0.2) is 95.1 Å². The number of ether oxygens (including phenoxy) is 2. The maximum atomic E-state index is 13.8. The van der Waals surface area contributed by atoms with Gasteiger partial charge in [-0.1, -0.05) is 66.7 Å². The first kappa shape index (κ1) is 25.5. The number of benzene rings is 3. The van der Waals surface area contributed by atoms with Crippen molar-refractivity contribution in [1.82, 2.24) is 0 Å². The van der Waals surface area contributed by atoms with Crippen molar-refractivity contribution in [1.29, 1.82) is 0 Å². The molecule has 1 N–H and O–H groups in total. The van der Waals surface area contributed by atoms with E-state index < -0.39 is 17.8 Å². The zero-order chi connectivity index (χ0) is 26.6. The van der Waals surface area contributed by atoms with Crippen molar-refractivity contribution in [2.45, 2.75) is 45.1 Å². The highest BCUT2D eigenvalue weighted by atomic mass is 16.5. The Morgan fingerprint density at radius 2 is 1.66 bits per heavy atom. The van der Waals surface area contributed by atoms with Crippen molar-refractivity contribution in [2.24, 2.45) is 10.9 Å². The van der Waals surface area contributed by atoms with E-state index in [9.17, 15) is 14.7 Å². The summed E-state index contributed by atoms with van der Waals surface area (Å²) in [5, 5.41) is 10.3. The molecule has 1 heterocycles. The third kappa shape index (κ3) is 5.12. The summed E-state index contributed by atoms with van der Waals surface area (Å²) in [5.74, 6) is -1.27. The fraction of sp³-hybridized carbons (Fsp3) is 0.281. The molecule has 0 spiro atoms. The molecular formula is C32H31NO5. The molecule has 1 unspecified atom stereocenters. The van der Waals surface area contributed by atoms with Gasteiger partial charge in [0.15, 0.2) is 11.5 Å². The fourth-order valence-corrected chi connectivity index (χ4v) is 5.56. The maximum absolute atomic E-state index is 13.8. The summed E-state index contributed by atoms with van der Waals surface area (Å²) in [6, 6.07) is 24.5. The predicted octanol–water partition coefficient (Wildman–Crippen LogP) is 6.11. The minimum Gasteiger partial charge on any atom is -0.504 e. The second kappa shape index (κ2) is 11.1. The van der Waals surface area contributed by atoms with Gasteiger partial charge in [0, 0.05) is 23.7 Å². The summed E-state index contributed by atoms with van der Waals surface area (Å²) in [4.78, 5) is 32.2. The van der Waals surface area contributed by atoms with E-state index in [1.807, 2.05) is 67.6 Å². The van der Waals surface area contributed by atoms with Gasteiger partial charge in [0.25, 0.3) is 0 Å². The van der Waals surface area contributed by atoms with Gasteiger partial charge in [-0.2, -0.15) is 0 Å². The second-order valence-electron chi connectivity index (χ2n) is 9.76. The monoisotopic (exact) mass is 509 g/mol. The van der Waals surface area contributed by atoms with Crippen LogP contribution in [-0.2, 0) is 20.9 Å². The van der Waals surface area contributed by atoms with Crippen LogP contribution in [0.1, 0.15) is 55.2 Å². The number of hydrogen-bond acceptors (Lipinski definition) is 6. The van der Waals surface area contributed by atoms with Crippen LogP contribution in [0.4, 0.5) is 0 Å². The normalized spacial score (nSPS) is 20.9. The van der Waals surface area contributed by atoms with Crippen molar-refractivity contribution >= 4 is 17.5 Å². The molecule has 2 aliphatic rings. The number of carbonyl (C=O) groups excluding carboxylic acids is 2. The van der Waals surface area contributed by atoms with Crippen LogP contribution >= 0.6 is 0 Å². The molecule has 1 aliphatic heterocycles. The van der Waals surface area contributed by atoms with Gasteiger partial charge < -0.3 is 14.6 Å². The molecule has 6 heteroatoms. The van der Waals surface area contributed by atoms with E-state index >= 15 is 0 Å². The number of esters is 1. The van der Waals surface area contributed by atoms with Gasteiger partial charge in [0.2, 0.25) is 0 Å². The predicted molar refractivity (Wildman–Crippen MR) is 145 cm³/mol. The largest absolute Gasteiger partial charge is 0.504 e. The molecule has 3 atom stereocenters. The fourth-order valence-electron chi connectivity index (χ4n) is 5.56. The van der Waals surface area contributed by atoms with E-state index in [1.165, 1.54) is 0 Å². The Morgan fingerprint density at radius 1 is 0.947 bits per heavy atom. The van der Waals surface area contributed by atoms with Gasteiger partial charge in [0.05, 0.1) is 18.1 Å². The molecule has 0 aromatic heterocycles. The van der Waals surface area contributed by atoms with Gasteiger partial charge in [-0.25, -0.2) is 4.79 Å². The van der Waals surface area contributed by atoms with Crippen molar-refractivity contribution in [3.8, 4) is 11.5 Å². The summed E-state index contributed by atoms with van der Waals surface area (Å²) < 4.78 is 11.4. The molecule has 3 aromatic rings. The van der Waals surface area contributed by atoms with E-state index in [1.54, 1.807) is 25.1 Å². The topological polar surface area (TPSA) is 85.2 Å². The standard InChI is InChI=1S/C32H31NO5/c1-3-37-28-18-23(14-15-26(28)34)30-29(32(36)38-19-21-10-6-4-7-11-21)20(2)33-25-16-24(17-27(35)31(25)30)22-12-8-5-9-13-22/h4-15,18,24,30-31,34H,3,16-17,19H2,1-2H3/t24-,30+,31?/m1/s1. The Hall–Kier alpha value is -4.19. The first-order valence-electron chi connectivity index (χ1n) is 13.0. The molecule has 38 heavy (non-hydrogen) atoms. The first-order valence-corrected chi connectivity index (χ1v) is 13.0. The molecule has 0 bridgehead atoms. The third-order valence-corrected chi connectivity index (χ3v) is 7.30. The number of hydrogen-bond donors (Lipinski definition) is 1. The highest BCUT2D eigenvalue weighted by Gasteiger charge is 2.46. The molecule has 1 aliphatic carbocycles. The Morgan fingerprint density at radius 3 is 2.37 bits per heavy atom. The lowest BCUT2D eigenvalue weighted by molar-refractivity contribution is -0.140. The van der Waals surface area contributed by atoms with E-state index in [0.29, 0.717) is 42.0 Å². The quantitative estimate of drug-likeness (QED) is 0.389. The molecule has 0 amide bonds. The molecule has 1 saturated carbocycles. The lowest BCUT2D eigenvalue weighted by Gasteiger charge is -2.38. The van der Waals surface area contributed by atoms with E-state index in [2.05, 4.69) is 0 Å². The van der Waals surface area contributed by atoms with Crippen LogP contribution < -0.4 is 4.74 Å². The second-order valence-corrected chi connectivity index (χ2v) is 9.76. The summed E-state index contributed by atoms with van der Waals surface area (Å²) >= 11 is 0. The van der Waals surface area contributed by atoms with Gasteiger partial charge in [-0.3, -0.25) is 9.79 Å². The van der Waals surface area contributed by atoms with Crippen LogP contribution in [0.25, 0.3) is 0 Å². The number of aromatic hydroxyl groups is 1. The number of nitrogens with zero attached hydrogens (tertiary/aromatic N) is 1. The van der Waals surface area contributed by atoms with E-state index in [0.717, 1.165) is 16.8 Å². The van der Waals surface area contributed by atoms with Crippen LogP contribution in [-0.4, -0.2) is 29.2 Å². The number of fused-ring (bicyclic) bond motifs is 1. The summed E-state index contributed by atoms with van der Waals surface area (Å²) in [6.45, 7) is 4.13. The smallest absolute Gasteiger partial charge is 0.336 e. The number of carbonyl (C=O) groups is 2. The summed E-state index contributed by atoms with van der Waals surface area (Å²) in [6.07, 6.45) is 1.00. The third-order valence-electron chi connectivity index (χ3n) is 7.30. The zero-order valence-corrected chi connectivity index (χ0v) is 21.6. The number of rotatable bonds is 7. The molecule has 3 aromatic carbocycles. The highest BCUT2D eigenvalue weighted by Crippen LogP contribution is 2.47. The number of Topliss-reactive ketones (excluding diaryl/α,β-unsaturated/α-hetero) is 1. The van der Waals surface area contributed by atoms with Gasteiger partial charge >= 0.3 is 5.97 Å². The van der Waals surface area contributed by atoms with Crippen molar-refractivity contribution in [2.75, 3.05) is 6.61 Å².